The zero-order valence-corrected chi connectivity index (χ0v) is 7.82. The summed E-state index contributed by atoms with van der Waals surface area (Å²) in [7, 11) is 0. The molecule has 1 heteroatoms. The molecule has 1 aliphatic rings. The van der Waals surface area contributed by atoms with Crippen LogP contribution in [0.25, 0.3) is 0 Å². The third-order valence-electron chi connectivity index (χ3n) is 2.38. The lowest BCUT2D eigenvalue weighted by Crippen LogP contribution is -2.28. The van der Waals surface area contributed by atoms with Crippen LogP contribution in [0.3, 0.4) is 0 Å². The Morgan fingerprint density at radius 2 is 2.00 bits per heavy atom. The van der Waals surface area contributed by atoms with Gasteiger partial charge in [0.25, 0.3) is 0 Å². The van der Waals surface area contributed by atoms with Gasteiger partial charge in [-0.1, -0.05) is 26.2 Å². The molecule has 0 aromatic carbocycles. The van der Waals surface area contributed by atoms with Crippen molar-refractivity contribution in [1.29, 1.82) is 0 Å². The second kappa shape index (κ2) is 4.76. The predicted molar refractivity (Wildman–Crippen MR) is 49.2 cm³/mol. The van der Waals surface area contributed by atoms with E-state index in [1.165, 1.54) is 38.5 Å². The minimum atomic E-state index is 0.702. The van der Waals surface area contributed by atoms with Crippen LogP contribution in [0.1, 0.15) is 52.4 Å². The van der Waals surface area contributed by atoms with Crippen LogP contribution in [-0.2, 0) is 0 Å². The van der Waals surface area contributed by atoms with E-state index in [0.29, 0.717) is 6.04 Å². The first kappa shape index (κ1) is 9.05. The van der Waals surface area contributed by atoms with Crippen molar-refractivity contribution in [2.75, 3.05) is 0 Å². The van der Waals surface area contributed by atoms with E-state index in [2.05, 4.69) is 19.2 Å². The third-order valence-corrected chi connectivity index (χ3v) is 2.38. The normalized spacial score (nSPS) is 22.4. The molecule has 0 amide bonds. The van der Waals surface area contributed by atoms with Crippen molar-refractivity contribution in [3.63, 3.8) is 0 Å². The van der Waals surface area contributed by atoms with Gasteiger partial charge < -0.3 is 5.32 Å². The molecule has 1 nitrogen and oxygen atoms in total. The van der Waals surface area contributed by atoms with E-state index >= 15 is 0 Å². The molecular formula is C10H20N. The zero-order chi connectivity index (χ0) is 8.10. The van der Waals surface area contributed by atoms with Gasteiger partial charge in [-0.3, -0.25) is 0 Å². The molecule has 65 valence electrons. The first-order valence-corrected chi connectivity index (χ1v) is 4.94. The summed E-state index contributed by atoms with van der Waals surface area (Å²) in [5.41, 5.74) is 0. The fraction of sp³-hybridized carbons (Fsp3) is 0.900. The van der Waals surface area contributed by atoms with E-state index in [4.69, 9.17) is 0 Å². The van der Waals surface area contributed by atoms with Gasteiger partial charge >= 0.3 is 0 Å². The molecule has 11 heavy (non-hydrogen) atoms. The lowest BCUT2D eigenvalue weighted by Gasteiger charge is -2.17. The van der Waals surface area contributed by atoms with Crippen LogP contribution in [0, 0.1) is 6.04 Å². The van der Waals surface area contributed by atoms with Gasteiger partial charge in [-0.15, -0.1) is 0 Å². The van der Waals surface area contributed by atoms with Crippen molar-refractivity contribution < 1.29 is 0 Å². The molecule has 0 aromatic rings. The monoisotopic (exact) mass is 154 g/mol. The molecule has 1 rings (SSSR count). The van der Waals surface area contributed by atoms with Crippen LogP contribution >= 0.6 is 0 Å². The van der Waals surface area contributed by atoms with E-state index in [1.807, 2.05) is 0 Å². The second-order valence-electron chi connectivity index (χ2n) is 3.64. The molecule has 0 aromatic heterocycles. The van der Waals surface area contributed by atoms with Gasteiger partial charge in [-0.2, -0.15) is 0 Å². The summed E-state index contributed by atoms with van der Waals surface area (Å²) in [6, 6.07) is 2.30. The van der Waals surface area contributed by atoms with Crippen molar-refractivity contribution in [2.45, 2.75) is 58.4 Å². The molecule has 1 fully saturated rings. The Morgan fingerprint density at radius 3 is 2.55 bits per heavy atom. The maximum absolute atomic E-state index is 3.60. The quantitative estimate of drug-likeness (QED) is 0.656. The Balaban J connectivity index is 2.08. The van der Waals surface area contributed by atoms with Crippen molar-refractivity contribution in [1.82, 2.24) is 5.32 Å². The summed E-state index contributed by atoms with van der Waals surface area (Å²) in [6.45, 7) is 4.53. The fourth-order valence-corrected chi connectivity index (χ4v) is 1.80. The molecule has 1 N–H and O–H groups in total. The molecule has 1 radical (unpaired) electrons. The smallest absolute Gasteiger partial charge is 0.0366 e. The van der Waals surface area contributed by atoms with E-state index in [0.717, 1.165) is 0 Å². The van der Waals surface area contributed by atoms with E-state index < -0.39 is 0 Å². The van der Waals surface area contributed by atoms with Crippen molar-refractivity contribution in [3.05, 3.63) is 6.04 Å². The molecule has 0 saturated heterocycles. The maximum atomic E-state index is 3.60. The van der Waals surface area contributed by atoms with Gasteiger partial charge in [0.15, 0.2) is 0 Å². The summed E-state index contributed by atoms with van der Waals surface area (Å²) in [5, 5.41) is 3.60. The van der Waals surface area contributed by atoms with Crippen LogP contribution in [0.5, 0.6) is 0 Å². The summed E-state index contributed by atoms with van der Waals surface area (Å²) in [4.78, 5) is 0. The summed E-state index contributed by atoms with van der Waals surface area (Å²) >= 11 is 0. The predicted octanol–water partition coefficient (Wildman–Crippen LogP) is 2.87. The molecule has 0 aliphatic heterocycles. The van der Waals surface area contributed by atoms with E-state index in [-0.39, 0.29) is 0 Å². The van der Waals surface area contributed by atoms with Crippen molar-refractivity contribution in [2.24, 2.45) is 0 Å². The molecule has 1 saturated carbocycles. The van der Waals surface area contributed by atoms with Gasteiger partial charge in [-0.05, 0) is 26.2 Å². The molecular weight excluding hydrogens is 134 g/mol. The number of rotatable bonds is 4. The van der Waals surface area contributed by atoms with Gasteiger partial charge in [0.1, 0.15) is 0 Å². The average Bonchev–Trinajstić information content (AvgIpc) is 2.40. The largest absolute Gasteiger partial charge is 0.307 e. The van der Waals surface area contributed by atoms with Crippen molar-refractivity contribution in [3.8, 4) is 0 Å². The first-order chi connectivity index (χ1) is 5.33. The standard InChI is InChI=1S/C10H20N/c1-3-6-9(2)11-10-7-4-5-8-10/h9,11H,3-8H2,1-2H3. The molecule has 1 atom stereocenters. The van der Waals surface area contributed by atoms with Gasteiger partial charge in [0, 0.05) is 12.1 Å². The van der Waals surface area contributed by atoms with Crippen LogP contribution < -0.4 is 5.32 Å². The Morgan fingerprint density at radius 1 is 1.36 bits per heavy atom. The molecule has 0 heterocycles. The number of hydrogen-bond acceptors (Lipinski definition) is 1. The Bertz CT molecular complexity index is 95.0. The lowest BCUT2D eigenvalue weighted by molar-refractivity contribution is 0.504. The van der Waals surface area contributed by atoms with Gasteiger partial charge in [-0.25, -0.2) is 0 Å². The highest BCUT2D eigenvalue weighted by molar-refractivity contribution is 4.93. The maximum Gasteiger partial charge on any atom is 0.0366 e. The molecule has 0 bridgehead atoms. The Hall–Kier alpha value is -0.0400. The van der Waals surface area contributed by atoms with Gasteiger partial charge in [0.05, 0.1) is 0 Å². The topological polar surface area (TPSA) is 12.0 Å². The summed E-state index contributed by atoms with van der Waals surface area (Å²) in [5.74, 6) is 0. The highest BCUT2D eigenvalue weighted by atomic mass is 14.9. The Labute approximate surface area is 70.6 Å². The lowest BCUT2D eigenvalue weighted by atomic mass is 10.1. The third kappa shape index (κ3) is 3.24. The molecule has 1 aliphatic carbocycles. The first-order valence-electron chi connectivity index (χ1n) is 4.94. The zero-order valence-electron chi connectivity index (χ0n) is 7.82. The number of hydrogen-bond donors (Lipinski definition) is 1. The summed E-state index contributed by atoms with van der Waals surface area (Å²) < 4.78 is 0. The highest BCUT2D eigenvalue weighted by Gasteiger charge is 2.16. The van der Waals surface area contributed by atoms with Crippen molar-refractivity contribution >= 4 is 0 Å². The highest BCUT2D eigenvalue weighted by Crippen LogP contribution is 2.24. The van der Waals surface area contributed by atoms with Crippen LogP contribution in [0.15, 0.2) is 0 Å². The van der Waals surface area contributed by atoms with Crippen LogP contribution in [0.4, 0.5) is 0 Å². The molecule has 1 unspecified atom stereocenters. The van der Waals surface area contributed by atoms with Gasteiger partial charge in [0.2, 0.25) is 0 Å². The van der Waals surface area contributed by atoms with E-state index in [1.54, 1.807) is 6.04 Å². The molecule has 0 spiro atoms. The van der Waals surface area contributed by atoms with Crippen LogP contribution in [-0.4, -0.2) is 6.04 Å². The van der Waals surface area contributed by atoms with Crippen LogP contribution in [0.2, 0.25) is 0 Å². The summed E-state index contributed by atoms with van der Waals surface area (Å²) in [6.07, 6.45) is 8.06. The minimum Gasteiger partial charge on any atom is -0.307 e. The Kier molecular flexibility index (Phi) is 3.92. The number of nitrogens with one attached hydrogen (secondary N) is 1. The minimum absolute atomic E-state index is 0.702. The average molecular weight is 154 g/mol. The SMILES string of the molecule is CCCC(C)N[C]1CCCC1. The second-order valence-corrected chi connectivity index (χ2v) is 3.64. The fourth-order valence-electron chi connectivity index (χ4n) is 1.80. The van der Waals surface area contributed by atoms with E-state index in [9.17, 15) is 0 Å².